The van der Waals surface area contributed by atoms with Gasteiger partial charge in [0, 0.05) is 23.9 Å². The molecule has 28 heavy (non-hydrogen) atoms. The summed E-state index contributed by atoms with van der Waals surface area (Å²) in [5.74, 6) is -0.585. The van der Waals surface area contributed by atoms with Crippen molar-refractivity contribution in [3.63, 3.8) is 0 Å². The SMILES string of the molecule is CNc1ccc2c(-c3c(O)ccc4ccccc34)c(O)cc(C(=O)OC)c2c1. The summed E-state index contributed by atoms with van der Waals surface area (Å²) in [5.41, 5.74) is 2.07. The number of esters is 1. The van der Waals surface area contributed by atoms with Crippen LogP contribution in [-0.4, -0.2) is 30.3 Å². The van der Waals surface area contributed by atoms with Crippen molar-refractivity contribution in [1.82, 2.24) is 0 Å². The molecule has 0 saturated carbocycles. The van der Waals surface area contributed by atoms with Crippen LogP contribution in [-0.2, 0) is 4.74 Å². The number of aromatic hydroxyl groups is 2. The van der Waals surface area contributed by atoms with E-state index in [1.165, 1.54) is 13.2 Å². The third-order valence-electron chi connectivity index (χ3n) is 4.97. The number of hydrogen-bond acceptors (Lipinski definition) is 5. The van der Waals surface area contributed by atoms with Crippen molar-refractivity contribution in [2.24, 2.45) is 0 Å². The molecule has 0 aromatic heterocycles. The number of fused-ring (bicyclic) bond motifs is 2. The van der Waals surface area contributed by atoms with E-state index in [1.54, 1.807) is 13.1 Å². The second-order valence-electron chi connectivity index (χ2n) is 6.50. The number of phenols is 2. The first-order valence-electron chi connectivity index (χ1n) is 8.82. The molecule has 4 aromatic rings. The number of benzene rings is 4. The molecule has 3 N–H and O–H groups in total. The first-order chi connectivity index (χ1) is 13.5. The van der Waals surface area contributed by atoms with Crippen LogP contribution in [0.2, 0.25) is 0 Å². The lowest BCUT2D eigenvalue weighted by Crippen LogP contribution is -2.03. The monoisotopic (exact) mass is 373 g/mol. The van der Waals surface area contributed by atoms with Gasteiger partial charge in [0.15, 0.2) is 0 Å². The number of phenolic OH excluding ortho intramolecular Hbond substituents is 2. The van der Waals surface area contributed by atoms with Gasteiger partial charge in [0.2, 0.25) is 0 Å². The van der Waals surface area contributed by atoms with Crippen LogP contribution in [0.4, 0.5) is 5.69 Å². The Hall–Kier alpha value is -3.73. The van der Waals surface area contributed by atoms with Crippen molar-refractivity contribution in [2.45, 2.75) is 0 Å². The maximum atomic E-state index is 12.3. The van der Waals surface area contributed by atoms with Crippen LogP contribution in [0.3, 0.4) is 0 Å². The van der Waals surface area contributed by atoms with Crippen molar-refractivity contribution in [2.75, 3.05) is 19.5 Å². The largest absolute Gasteiger partial charge is 0.507 e. The summed E-state index contributed by atoms with van der Waals surface area (Å²) in [5, 5.41) is 27.6. The van der Waals surface area contributed by atoms with Crippen LogP contribution in [0.1, 0.15) is 10.4 Å². The van der Waals surface area contributed by atoms with Crippen molar-refractivity contribution >= 4 is 33.2 Å². The number of hydrogen-bond donors (Lipinski definition) is 3. The number of nitrogens with one attached hydrogen (secondary N) is 1. The van der Waals surface area contributed by atoms with Crippen LogP contribution in [0.25, 0.3) is 32.7 Å². The normalized spacial score (nSPS) is 10.9. The molecule has 0 fully saturated rings. The van der Waals surface area contributed by atoms with Crippen LogP contribution in [0, 0.1) is 0 Å². The number of methoxy groups -OCH3 is 1. The highest BCUT2D eigenvalue weighted by Crippen LogP contribution is 2.46. The fourth-order valence-electron chi connectivity index (χ4n) is 3.63. The Balaban J connectivity index is 2.17. The lowest BCUT2D eigenvalue weighted by molar-refractivity contribution is 0.0602. The smallest absolute Gasteiger partial charge is 0.338 e. The van der Waals surface area contributed by atoms with Gasteiger partial charge in [0.1, 0.15) is 11.5 Å². The number of rotatable bonds is 3. The molecule has 0 aliphatic carbocycles. The molecule has 5 nitrogen and oxygen atoms in total. The van der Waals surface area contributed by atoms with Crippen molar-refractivity contribution in [3.05, 3.63) is 66.2 Å². The molecule has 5 heteroatoms. The van der Waals surface area contributed by atoms with Crippen LogP contribution in [0.5, 0.6) is 11.5 Å². The van der Waals surface area contributed by atoms with Crippen LogP contribution >= 0.6 is 0 Å². The van der Waals surface area contributed by atoms with E-state index in [4.69, 9.17) is 4.74 Å². The van der Waals surface area contributed by atoms with E-state index >= 15 is 0 Å². The zero-order valence-electron chi connectivity index (χ0n) is 15.5. The molecule has 0 spiro atoms. The maximum absolute atomic E-state index is 12.3. The summed E-state index contributed by atoms with van der Waals surface area (Å²) in [6.07, 6.45) is 0. The molecule has 0 radical (unpaired) electrons. The topological polar surface area (TPSA) is 78.8 Å². The zero-order chi connectivity index (χ0) is 19.8. The maximum Gasteiger partial charge on any atom is 0.338 e. The van der Waals surface area contributed by atoms with Crippen LogP contribution in [0.15, 0.2) is 60.7 Å². The summed E-state index contributed by atoms with van der Waals surface area (Å²) < 4.78 is 4.89. The van der Waals surface area contributed by atoms with E-state index in [1.807, 2.05) is 48.5 Å². The van der Waals surface area contributed by atoms with Crippen molar-refractivity contribution < 1.29 is 19.7 Å². The van der Waals surface area contributed by atoms with Gasteiger partial charge in [-0.05, 0) is 45.8 Å². The minimum absolute atomic E-state index is 0.0545. The van der Waals surface area contributed by atoms with Gasteiger partial charge in [0.25, 0.3) is 0 Å². The van der Waals surface area contributed by atoms with E-state index in [2.05, 4.69) is 5.32 Å². The molecule has 4 rings (SSSR count). The summed E-state index contributed by atoms with van der Waals surface area (Å²) >= 11 is 0. The molecule has 0 amide bonds. The van der Waals surface area contributed by atoms with Gasteiger partial charge in [0.05, 0.1) is 12.7 Å². The number of carbonyl (C=O) groups excluding carboxylic acids is 1. The molecule has 0 heterocycles. The second kappa shape index (κ2) is 6.78. The Labute approximate surface area is 161 Å². The summed E-state index contributed by atoms with van der Waals surface area (Å²) in [6.45, 7) is 0. The van der Waals surface area contributed by atoms with Gasteiger partial charge in [-0.15, -0.1) is 0 Å². The predicted octanol–water partition coefficient (Wildman–Crippen LogP) is 4.90. The first kappa shape index (κ1) is 17.7. The number of carbonyl (C=O) groups is 1. The highest BCUT2D eigenvalue weighted by atomic mass is 16.5. The van der Waals surface area contributed by atoms with E-state index in [0.29, 0.717) is 21.9 Å². The molecule has 140 valence electrons. The van der Waals surface area contributed by atoms with Gasteiger partial charge in [-0.25, -0.2) is 4.79 Å². The average Bonchev–Trinajstić information content (AvgIpc) is 2.73. The lowest BCUT2D eigenvalue weighted by Gasteiger charge is -2.16. The van der Waals surface area contributed by atoms with Gasteiger partial charge in [-0.3, -0.25) is 0 Å². The Morgan fingerprint density at radius 1 is 0.857 bits per heavy atom. The summed E-state index contributed by atoms with van der Waals surface area (Å²) in [4.78, 5) is 12.3. The Bertz CT molecular complexity index is 1230. The Morgan fingerprint density at radius 2 is 1.61 bits per heavy atom. The molecular formula is C23H19NO4. The molecule has 0 unspecified atom stereocenters. The molecular weight excluding hydrogens is 354 g/mol. The van der Waals surface area contributed by atoms with Gasteiger partial charge in [-0.2, -0.15) is 0 Å². The fourth-order valence-corrected chi connectivity index (χ4v) is 3.63. The molecule has 0 aliphatic heterocycles. The van der Waals surface area contributed by atoms with Gasteiger partial charge in [-0.1, -0.05) is 36.4 Å². The summed E-state index contributed by atoms with van der Waals surface area (Å²) in [7, 11) is 3.09. The number of ether oxygens (including phenoxy) is 1. The van der Waals surface area contributed by atoms with E-state index in [-0.39, 0.29) is 17.1 Å². The van der Waals surface area contributed by atoms with E-state index in [9.17, 15) is 15.0 Å². The molecule has 4 aromatic carbocycles. The average molecular weight is 373 g/mol. The lowest BCUT2D eigenvalue weighted by atomic mass is 9.90. The summed E-state index contributed by atoms with van der Waals surface area (Å²) in [6, 6.07) is 18.0. The minimum Gasteiger partial charge on any atom is -0.507 e. The Kier molecular flexibility index (Phi) is 4.28. The van der Waals surface area contributed by atoms with Crippen molar-refractivity contribution in [3.8, 4) is 22.6 Å². The predicted molar refractivity (Wildman–Crippen MR) is 111 cm³/mol. The Morgan fingerprint density at radius 3 is 2.36 bits per heavy atom. The second-order valence-corrected chi connectivity index (χ2v) is 6.50. The third-order valence-corrected chi connectivity index (χ3v) is 4.97. The standard InChI is InChI=1S/C23H19NO4/c1-24-14-8-9-16-17(11-14)18(23(27)28-2)12-20(26)22(16)21-15-6-4-3-5-13(15)7-10-19(21)25/h3-12,24-26H,1-2H3. The molecule has 0 bridgehead atoms. The molecule has 0 saturated heterocycles. The van der Waals surface area contributed by atoms with E-state index < -0.39 is 5.97 Å². The van der Waals surface area contributed by atoms with Gasteiger partial charge >= 0.3 is 5.97 Å². The molecule has 0 atom stereocenters. The minimum atomic E-state index is -0.540. The third kappa shape index (κ3) is 2.68. The highest BCUT2D eigenvalue weighted by molar-refractivity contribution is 6.15. The first-order valence-corrected chi connectivity index (χ1v) is 8.82. The zero-order valence-corrected chi connectivity index (χ0v) is 15.5. The van der Waals surface area contributed by atoms with Gasteiger partial charge < -0.3 is 20.3 Å². The quantitative estimate of drug-likeness (QED) is 0.445. The van der Waals surface area contributed by atoms with Crippen molar-refractivity contribution in [1.29, 1.82) is 0 Å². The number of anilines is 1. The van der Waals surface area contributed by atoms with Crippen LogP contribution < -0.4 is 5.32 Å². The molecule has 0 aliphatic rings. The van der Waals surface area contributed by atoms with E-state index in [0.717, 1.165) is 16.5 Å². The fraction of sp³-hybridized carbons (Fsp3) is 0.0870. The highest BCUT2D eigenvalue weighted by Gasteiger charge is 2.21.